The number of nitrogens with zero attached hydrogens (tertiary/aromatic N) is 7. The predicted molar refractivity (Wildman–Crippen MR) is 110 cm³/mol. The summed E-state index contributed by atoms with van der Waals surface area (Å²) in [6.07, 6.45) is 7.94. The number of aromatic nitrogens is 4. The van der Waals surface area contributed by atoms with E-state index in [1.54, 1.807) is 6.33 Å². The van der Waals surface area contributed by atoms with Gasteiger partial charge in [-0.15, -0.1) is 0 Å². The molecular weight excluding hydrogens is 364 g/mol. The van der Waals surface area contributed by atoms with Crippen molar-refractivity contribution < 1.29 is 0 Å². The van der Waals surface area contributed by atoms with Crippen LogP contribution in [0.15, 0.2) is 49.2 Å². The van der Waals surface area contributed by atoms with Crippen molar-refractivity contribution in [1.82, 2.24) is 24.4 Å². The van der Waals surface area contributed by atoms with E-state index in [1.807, 2.05) is 16.8 Å². The van der Waals surface area contributed by atoms with Gasteiger partial charge in [0.15, 0.2) is 5.69 Å². The van der Waals surface area contributed by atoms with Gasteiger partial charge in [0.2, 0.25) is 0 Å². The molecule has 29 heavy (non-hydrogen) atoms. The Kier molecular flexibility index (Phi) is 4.37. The standard InChI is InChI=1S/C21H22N8/c1-27-7-6-15-11-28(12-19(15)27)17-2-4-18(5-3-17)29-13-21(25-14-29)26-20-10-23-16(8-22)9-24-20/h2-5,9-10,13-15,19H,6-7,11-12H2,1H3,(H,24,26)/t15-,19+/m1/s1. The smallest absolute Gasteiger partial charge is 0.158 e. The molecule has 2 fully saturated rings. The number of benzene rings is 1. The van der Waals surface area contributed by atoms with E-state index in [0.717, 1.165) is 24.7 Å². The summed E-state index contributed by atoms with van der Waals surface area (Å²) < 4.78 is 1.97. The highest BCUT2D eigenvalue weighted by Gasteiger charge is 2.39. The Morgan fingerprint density at radius 3 is 2.59 bits per heavy atom. The zero-order chi connectivity index (χ0) is 19.8. The molecule has 2 aromatic heterocycles. The lowest BCUT2D eigenvalue weighted by Crippen LogP contribution is -2.32. The van der Waals surface area contributed by atoms with E-state index >= 15 is 0 Å². The van der Waals surface area contributed by atoms with Crippen LogP contribution in [0.2, 0.25) is 0 Å². The number of rotatable bonds is 4. The van der Waals surface area contributed by atoms with Crippen LogP contribution >= 0.6 is 0 Å². The Hall–Kier alpha value is -3.44. The van der Waals surface area contributed by atoms with Crippen molar-refractivity contribution in [3.63, 3.8) is 0 Å². The maximum absolute atomic E-state index is 8.80. The van der Waals surface area contributed by atoms with Crippen LogP contribution in [0, 0.1) is 17.2 Å². The molecule has 0 aliphatic carbocycles. The molecule has 3 aromatic rings. The van der Waals surface area contributed by atoms with Crippen molar-refractivity contribution in [2.75, 3.05) is 36.9 Å². The van der Waals surface area contributed by atoms with E-state index in [9.17, 15) is 0 Å². The van der Waals surface area contributed by atoms with Crippen LogP contribution in [0.5, 0.6) is 0 Å². The minimum atomic E-state index is 0.287. The maximum atomic E-state index is 8.80. The average Bonchev–Trinajstić information content (AvgIpc) is 3.47. The van der Waals surface area contributed by atoms with Crippen molar-refractivity contribution in [3.8, 4) is 11.8 Å². The second-order valence-corrected chi connectivity index (χ2v) is 7.71. The fraction of sp³-hybridized carbons (Fsp3) is 0.333. The Bertz CT molecular complexity index is 1030. The van der Waals surface area contributed by atoms with E-state index < -0.39 is 0 Å². The van der Waals surface area contributed by atoms with E-state index in [1.165, 1.54) is 31.0 Å². The third kappa shape index (κ3) is 3.41. The van der Waals surface area contributed by atoms with E-state index in [0.29, 0.717) is 17.7 Å². The van der Waals surface area contributed by atoms with Crippen LogP contribution in [-0.4, -0.2) is 57.1 Å². The van der Waals surface area contributed by atoms with Gasteiger partial charge in [0.05, 0.1) is 18.6 Å². The summed E-state index contributed by atoms with van der Waals surface area (Å²) >= 11 is 0. The fourth-order valence-corrected chi connectivity index (χ4v) is 4.33. The fourth-order valence-electron chi connectivity index (χ4n) is 4.33. The minimum absolute atomic E-state index is 0.287. The number of fused-ring (bicyclic) bond motifs is 1. The molecule has 2 aliphatic heterocycles. The maximum Gasteiger partial charge on any atom is 0.158 e. The van der Waals surface area contributed by atoms with Gasteiger partial charge in [-0.1, -0.05) is 0 Å². The summed E-state index contributed by atoms with van der Waals surface area (Å²) in [5.74, 6) is 2.02. The molecule has 0 unspecified atom stereocenters. The van der Waals surface area contributed by atoms with Gasteiger partial charge in [-0.2, -0.15) is 5.26 Å². The van der Waals surface area contributed by atoms with Crippen LogP contribution < -0.4 is 10.2 Å². The van der Waals surface area contributed by atoms with Gasteiger partial charge in [0.25, 0.3) is 0 Å². The molecule has 1 N–H and O–H groups in total. The molecule has 2 aliphatic rings. The monoisotopic (exact) mass is 386 g/mol. The van der Waals surface area contributed by atoms with Crippen LogP contribution in [0.4, 0.5) is 17.3 Å². The number of nitriles is 1. The summed E-state index contributed by atoms with van der Waals surface area (Å²) in [7, 11) is 2.24. The van der Waals surface area contributed by atoms with Crippen molar-refractivity contribution in [3.05, 3.63) is 54.9 Å². The van der Waals surface area contributed by atoms with E-state index in [4.69, 9.17) is 5.26 Å². The van der Waals surface area contributed by atoms with Crippen LogP contribution in [0.3, 0.4) is 0 Å². The first-order chi connectivity index (χ1) is 14.2. The summed E-state index contributed by atoms with van der Waals surface area (Å²) in [6.45, 7) is 3.50. The lowest BCUT2D eigenvalue weighted by molar-refractivity contribution is 0.310. The molecule has 5 rings (SSSR count). The van der Waals surface area contributed by atoms with Crippen molar-refractivity contribution >= 4 is 17.3 Å². The molecule has 0 spiro atoms. The van der Waals surface area contributed by atoms with Gasteiger partial charge in [0, 0.05) is 30.5 Å². The van der Waals surface area contributed by atoms with Crippen molar-refractivity contribution in [2.24, 2.45) is 5.92 Å². The van der Waals surface area contributed by atoms with Gasteiger partial charge < -0.3 is 19.7 Å². The number of hydrogen-bond acceptors (Lipinski definition) is 7. The first-order valence-corrected chi connectivity index (χ1v) is 9.78. The molecule has 0 saturated carbocycles. The Morgan fingerprint density at radius 1 is 1.03 bits per heavy atom. The van der Waals surface area contributed by atoms with Crippen molar-refractivity contribution in [2.45, 2.75) is 12.5 Å². The second-order valence-electron chi connectivity index (χ2n) is 7.71. The first-order valence-electron chi connectivity index (χ1n) is 9.78. The van der Waals surface area contributed by atoms with E-state index in [2.05, 4.69) is 61.4 Å². The van der Waals surface area contributed by atoms with Gasteiger partial charge in [-0.3, -0.25) is 0 Å². The second kappa shape index (κ2) is 7.18. The summed E-state index contributed by atoms with van der Waals surface area (Å²) in [5, 5.41) is 11.9. The molecule has 0 bridgehead atoms. The SMILES string of the molecule is CN1CC[C@@H]2CN(c3ccc(-n4cnc(Nc5cnc(C#N)cn5)c4)cc3)C[C@@H]21. The lowest BCUT2D eigenvalue weighted by Gasteiger charge is -2.22. The molecule has 0 amide bonds. The highest BCUT2D eigenvalue weighted by Crippen LogP contribution is 2.33. The largest absolute Gasteiger partial charge is 0.370 e. The number of hydrogen-bond donors (Lipinski definition) is 1. The predicted octanol–water partition coefficient (Wildman–Crippen LogP) is 2.42. The molecular formula is C21H22N8. The zero-order valence-corrected chi connectivity index (χ0v) is 16.2. The number of likely N-dealkylation sites (N-methyl/N-ethyl adjacent to an activating group) is 1. The summed E-state index contributed by atoms with van der Waals surface area (Å²) in [4.78, 5) is 17.5. The van der Waals surface area contributed by atoms with Crippen LogP contribution in [-0.2, 0) is 0 Å². The van der Waals surface area contributed by atoms with Gasteiger partial charge in [-0.25, -0.2) is 15.0 Å². The number of imidazole rings is 1. The Balaban J connectivity index is 1.26. The third-order valence-corrected chi connectivity index (χ3v) is 5.94. The average molecular weight is 386 g/mol. The lowest BCUT2D eigenvalue weighted by atomic mass is 10.1. The molecule has 0 radical (unpaired) electrons. The normalized spacial score (nSPS) is 21.2. The highest BCUT2D eigenvalue weighted by atomic mass is 15.3. The molecule has 2 saturated heterocycles. The van der Waals surface area contributed by atoms with Crippen LogP contribution in [0.1, 0.15) is 12.1 Å². The molecule has 1 aromatic carbocycles. The molecule has 146 valence electrons. The van der Waals surface area contributed by atoms with Gasteiger partial charge in [0.1, 0.15) is 24.0 Å². The zero-order valence-electron chi connectivity index (χ0n) is 16.2. The quantitative estimate of drug-likeness (QED) is 0.737. The summed E-state index contributed by atoms with van der Waals surface area (Å²) in [6, 6.07) is 11.3. The molecule has 4 heterocycles. The highest BCUT2D eigenvalue weighted by molar-refractivity contribution is 5.54. The summed E-state index contributed by atoms with van der Waals surface area (Å²) in [5.41, 5.74) is 2.62. The van der Waals surface area contributed by atoms with E-state index in [-0.39, 0.29) is 5.69 Å². The Labute approximate surface area is 169 Å². The molecule has 8 nitrogen and oxygen atoms in total. The number of nitrogens with one attached hydrogen (secondary N) is 1. The Morgan fingerprint density at radius 2 is 1.86 bits per heavy atom. The topological polar surface area (TPSA) is 85.9 Å². The molecule has 2 atom stereocenters. The van der Waals surface area contributed by atoms with Gasteiger partial charge in [-0.05, 0) is 50.2 Å². The first kappa shape index (κ1) is 17.6. The molecule has 8 heteroatoms. The van der Waals surface area contributed by atoms with Gasteiger partial charge >= 0.3 is 0 Å². The van der Waals surface area contributed by atoms with Crippen LogP contribution in [0.25, 0.3) is 5.69 Å². The third-order valence-electron chi connectivity index (χ3n) is 5.94. The minimum Gasteiger partial charge on any atom is -0.370 e. The number of anilines is 3. The number of likely N-dealkylation sites (tertiary alicyclic amines) is 1. The van der Waals surface area contributed by atoms with Crippen molar-refractivity contribution in [1.29, 1.82) is 5.26 Å².